The van der Waals surface area contributed by atoms with Crippen molar-refractivity contribution >= 4 is 40.4 Å². The molecule has 0 saturated carbocycles. The molecule has 3 N–H and O–H groups in total. The molecular formula is C37H32N6O5. The minimum Gasteiger partial charge on any atom is -0.495 e. The van der Waals surface area contributed by atoms with Crippen molar-refractivity contribution in [1.82, 2.24) is 15.0 Å². The maximum atomic E-state index is 13.1. The summed E-state index contributed by atoms with van der Waals surface area (Å²) in [4.78, 5) is 39.9. The van der Waals surface area contributed by atoms with Gasteiger partial charge in [-0.25, -0.2) is 4.79 Å². The zero-order valence-corrected chi connectivity index (χ0v) is 26.0. The number of para-hydroxylation sites is 2. The molecule has 1 heterocycles. The van der Waals surface area contributed by atoms with Crippen LogP contribution in [0.25, 0.3) is 21.9 Å². The molecule has 0 bridgehead atoms. The molecule has 1 aromatic heterocycles. The van der Waals surface area contributed by atoms with Crippen LogP contribution >= 0.6 is 0 Å². The third-order valence-corrected chi connectivity index (χ3v) is 7.43. The molecule has 6 rings (SSSR count). The van der Waals surface area contributed by atoms with Crippen LogP contribution in [0.3, 0.4) is 0 Å². The molecular weight excluding hydrogens is 608 g/mol. The number of fused-ring (bicyclic) bond motifs is 1. The van der Waals surface area contributed by atoms with E-state index in [4.69, 9.17) is 9.47 Å². The van der Waals surface area contributed by atoms with Gasteiger partial charge in [0, 0.05) is 13.1 Å². The van der Waals surface area contributed by atoms with Crippen LogP contribution in [-0.2, 0) is 11.3 Å². The standard InChI is InChI=1S/C37H32N6O5/c1-47-32-14-8-7-13-31(32)38-36(46)40-34-39-35(42-37(41-34)48-30-20-19-27-11-5-6-12-29(27)23-30)43(22-21-33(44)45)24-25-15-17-28(18-16-25)26-9-3-2-4-10-26/h2-20,23H,21-22,24H2,1H3,(H,44,45)(H2,38,39,40,41,42,46). The molecule has 0 aliphatic carbocycles. The number of carbonyl (C=O) groups excluding carboxylic acids is 1. The Labute approximate surface area is 276 Å². The number of amides is 2. The van der Waals surface area contributed by atoms with Gasteiger partial charge in [-0.15, -0.1) is 0 Å². The summed E-state index contributed by atoms with van der Waals surface area (Å²) in [6, 6.07) is 37.7. The first-order valence-electron chi connectivity index (χ1n) is 15.2. The number of urea groups is 1. The van der Waals surface area contributed by atoms with Gasteiger partial charge in [0.2, 0.25) is 11.9 Å². The minimum atomic E-state index is -0.976. The zero-order valence-electron chi connectivity index (χ0n) is 26.0. The Balaban J connectivity index is 1.32. The number of ether oxygens (including phenoxy) is 2. The molecule has 11 nitrogen and oxygen atoms in total. The van der Waals surface area contributed by atoms with Crippen LogP contribution in [0.2, 0.25) is 0 Å². The molecule has 0 saturated heterocycles. The number of hydrogen-bond acceptors (Lipinski definition) is 8. The van der Waals surface area contributed by atoms with E-state index in [1.807, 2.05) is 91.0 Å². The topological polar surface area (TPSA) is 139 Å². The van der Waals surface area contributed by atoms with E-state index in [2.05, 4.69) is 25.6 Å². The first kappa shape index (κ1) is 31.5. The number of nitrogens with zero attached hydrogens (tertiary/aromatic N) is 4. The molecule has 0 atom stereocenters. The fraction of sp³-hybridized carbons (Fsp3) is 0.108. The van der Waals surface area contributed by atoms with Crippen molar-refractivity contribution in [2.75, 3.05) is 29.2 Å². The average Bonchev–Trinajstić information content (AvgIpc) is 3.10. The van der Waals surface area contributed by atoms with Crippen molar-refractivity contribution in [2.45, 2.75) is 13.0 Å². The number of carboxylic acids is 1. The zero-order chi connectivity index (χ0) is 33.3. The Bertz CT molecular complexity index is 2040. The Morgan fingerprint density at radius 3 is 2.23 bits per heavy atom. The number of nitrogens with one attached hydrogen (secondary N) is 2. The molecule has 0 fully saturated rings. The van der Waals surface area contributed by atoms with Crippen LogP contribution < -0.4 is 25.0 Å². The van der Waals surface area contributed by atoms with Crippen molar-refractivity contribution in [2.24, 2.45) is 0 Å². The highest BCUT2D eigenvalue weighted by molar-refractivity contribution is 5.99. The second-order valence-corrected chi connectivity index (χ2v) is 10.8. The lowest BCUT2D eigenvalue weighted by Gasteiger charge is -2.23. The maximum Gasteiger partial charge on any atom is 0.328 e. The van der Waals surface area contributed by atoms with Crippen LogP contribution in [0.5, 0.6) is 17.5 Å². The molecule has 0 spiro atoms. The van der Waals surface area contributed by atoms with Gasteiger partial charge in [0.1, 0.15) is 11.5 Å². The quantitative estimate of drug-likeness (QED) is 0.123. The first-order valence-corrected chi connectivity index (χ1v) is 15.2. The lowest BCUT2D eigenvalue weighted by Crippen LogP contribution is -2.29. The van der Waals surface area contributed by atoms with Crippen LogP contribution in [-0.4, -0.2) is 45.7 Å². The normalized spacial score (nSPS) is 10.7. The summed E-state index contributed by atoms with van der Waals surface area (Å²) < 4.78 is 11.4. The Hall–Kier alpha value is -6.49. The van der Waals surface area contributed by atoms with Crippen LogP contribution in [0, 0.1) is 0 Å². The Morgan fingerprint density at radius 2 is 1.46 bits per heavy atom. The highest BCUT2D eigenvalue weighted by Crippen LogP contribution is 2.27. The summed E-state index contributed by atoms with van der Waals surface area (Å²) in [7, 11) is 1.51. The maximum absolute atomic E-state index is 13.1. The van der Waals surface area contributed by atoms with Crippen LogP contribution in [0.1, 0.15) is 12.0 Å². The second kappa shape index (κ2) is 14.7. The summed E-state index contributed by atoms with van der Waals surface area (Å²) in [6.07, 6.45) is -0.175. The molecule has 2 amide bonds. The third-order valence-electron chi connectivity index (χ3n) is 7.43. The molecule has 0 unspecified atom stereocenters. The summed E-state index contributed by atoms with van der Waals surface area (Å²) in [5.74, 6) is 0.00617. The monoisotopic (exact) mass is 640 g/mol. The van der Waals surface area contributed by atoms with Gasteiger partial charge in [0.25, 0.3) is 0 Å². The van der Waals surface area contributed by atoms with E-state index in [9.17, 15) is 14.7 Å². The number of benzene rings is 5. The van der Waals surface area contributed by atoms with E-state index in [1.165, 1.54) is 7.11 Å². The fourth-order valence-electron chi connectivity index (χ4n) is 5.06. The predicted octanol–water partition coefficient (Wildman–Crippen LogP) is 7.62. The lowest BCUT2D eigenvalue weighted by molar-refractivity contribution is -0.136. The predicted molar refractivity (Wildman–Crippen MR) is 185 cm³/mol. The van der Waals surface area contributed by atoms with Gasteiger partial charge in [0.15, 0.2) is 0 Å². The van der Waals surface area contributed by atoms with Gasteiger partial charge in [-0.3, -0.25) is 10.1 Å². The first-order chi connectivity index (χ1) is 23.4. The molecule has 6 aromatic rings. The number of carbonyl (C=O) groups is 2. The summed E-state index contributed by atoms with van der Waals surface area (Å²) >= 11 is 0. The van der Waals surface area contributed by atoms with Gasteiger partial charge >= 0.3 is 18.0 Å². The molecule has 0 radical (unpaired) electrons. The average molecular weight is 641 g/mol. The second-order valence-electron chi connectivity index (χ2n) is 10.8. The minimum absolute atomic E-state index is 0.0809. The number of rotatable bonds is 12. The summed E-state index contributed by atoms with van der Waals surface area (Å²) in [5, 5.41) is 16.9. The Kier molecular flexibility index (Phi) is 9.67. The van der Waals surface area contributed by atoms with Gasteiger partial charge in [-0.2, -0.15) is 15.0 Å². The lowest BCUT2D eigenvalue weighted by atomic mass is 10.0. The molecule has 240 valence electrons. The molecule has 5 aromatic carbocycles. The van der Waals surface area contributed by atoms with E-state index >= 15 is 0 Å². The highest BCUT2D eigenvalue weighted by atomic mass is 16.5. The van der Waals surface area contributed by atoms with Crippen molar-refractivity contribution in [1.29, 1.82) is 0 Å². The van der Waals surface area contributed by atoms with E-state index in [0.29, 0.717) is 17.2 Å². The number of methoxy groups -OCH3 is 1. The van der Waals surface area contributed by atoms with Crippen molar-refractivity contribution in [3.05, 3.63) is 127 Å². The van der Waals surface area contributed by atoms with E-state index in [-0.39, 0.29) is 37.4 Å². The van der Waals surface area contributed by atoms with Gasteiger partial charge in [0.05, 0.1) is 19.2 Å². The third kappa shape index (κ3) is 8.01. The molecule has 0 aliphatic heterocycles. The van der Waals surface area contributed by atoms with Crippen molar-refractivity contribution in [3.8, 4) is 28.6 Å². The number of carboxylic acid groups (broad SMARTS) is 1. The van der Waals surface area contributed by atoms with Gasteiger partial charge in [-0.1, -0.05) is 97.1 Å². The number of anilines is 3. The van der Waals surface area contributed by atoms with Crippen molar-refractivity contribution < 1.29 is 24.2 Å². The van der Waals surface area contributed by atoms with E-state index < -0.39 is 12.0 Å². The Morgan fingerprint density at radius 1 is 0.750 bits per heavy atom. The number of aliphatic carboxylic acids is 1. The molecule has 48 heavy (non-hydrogen) atoms. The van der Waals surface area contributed by atoms with Crippen LogP contribution in [0.15, 0.2) is 121 Å². The number of aromatic nitrogens is 3. The number of hydrogen-bond donors (Lipinski definition) is 3. The van der Waals surface area contributed by atoms with Gasteiger partial charge < -0.3 is 24.8 Å². The molecule has 11 heteroatoms. The summed E-state index contributed by atoms with van der Waals surface area (Å²) in [5.41, 5.74) is 3.49. The van der Waals surface area contributed by atoms with Crippen LogP contribution in [0.4, 0.5) is 22.4 Å². The van der Waals surface area contributed by atoms with E-state index in [0.717, 1.165) is 27.5 Å². The smallest absolute Gasteiger partial charge is 0.328 e. The largest absolute Gasteiger partial charge is 0.495 e. The SMILES string of the molecule is COc1ccccc1NC(=O)Nc1nc(Oc2ccc3ccccc3c2)nc(N(CCC(=O)O)Cc2ccc(-c3ccccc3)cc2)n1. The van der Waals surface area contributed by atoms with Crippen molar-refractivity contribution in [3.63, 3.8) is 0 Å². The molecule has 0 aliphatic rings. The highest BCUT2D eigenvalue weighted by Gasteiger charge is 2.19. The van der Waals surface area contributed by atoms with Gasteiger partial charge in [-0.05, 0) is 51.7 Å². The van der Waals surface area contributed by atoms with E-state index in [1.54, 1.807) is 35.2 Å². The fourth-order valence-corrected chi connectivity index (χ4v) is 5.06. The summed E-state index contributed by atoms with van der Waals surface area (Å²) in [6.45, 7) is 0.372.